The van der Waals surface area contributed by atoms with E-state index in [4.69, 9.17) is 12.2 Å². The van der Waals surface area contributed by atoms with Gasteiger partial charge in [-0.05, 0) is 49.3 Å². The van der Waals surface area contributed by atoms with E-state index in [1.807, 2.05) is 45.9 Å². The van der Waals surface area contributed by atoms with Crippen molar-refractivity contribution in [3.05, 3.63) is 29.3 Å². The number of rotatable bonds is 1. The van der Waals surface area contributed by atoms with Crippen molar-refractivity contribution in [2.45, 2.75) is 34.6 Å². The van der Waals surface area contributed by atoms with Gasteiger partial charge in [0, 0.05) is 11.1 Å². The van der Waals surface area contributed by atoms with E-state index < -0.39 is 5.41 Å². The number of hydrogen-bond donors (Lipinski definition) is 2. The topological polar surface area (TPSA) is 41.1 Å². The molecule has 0 fully saturated rings. The summed E-state index contributed by atoms with van der Waals surface area (Å²) in [6.45, 7) is 9.64. The predicted octanol–water partition coefficient (Wildman–Crippen LogP) is 3.16. The molecule has 2 N–H and O–H groups in total. The van der Waals surface area contributed by atoms with Gasteiger partial charge in [-0.2, -0.15) is 0 Å². The molecule has 0 aliphatic rings. The number of carbonyl (C=O) groups is 1. The van der Waals surface area contributed by atoms with Crippen molar-refractivity contribution in [3.8, 4) is 0 Å². The molecule has 0 aliphatic heterocycles. The lowest BCUT2D eigenvalue weighted by Gasteiger charge is -2.18. The molecule has 4 heteroatoms. The second kappa shape index (κ2) is 5.48. The Labute approximate surface area is 114 Å². The Morgan fingerprint density at radius 1 is 1.17 bits per heavy atom. The summed E-state index contributed by atoms with van der Waals surface area (Å²) in [5.41, 5.74) is 2.85. The zero-order chi connectivity index (χ0) is 13.9. The highest BCUT2D eigenvalue weighted by Crippen LogP contribution is 2.15. The minimum atomic E-state index is -0.449. The van der Waals surface area contributed by atoms with Gasteiger partial charge in [0.15, 0.2) is 5.11 Å². The summed E-state index contributed by atoms with van der Waals surface area (Å²) < 4.78 is 0. The van der Waals surface area contributed by atoms with Crippen LogP contribution in [0.15, 0.2) is 18.2 Å². The minimum absolute atomic E-state index is 0.0937. The molecule has 0 aromatic heterocycles. The van der Waals surface area contributed by atoms with Crippen LogP contribution in [0.1, 0.15) is 31.9 Å². The minimum Gasteiger partial charge on any atom is -0.332 e. The molecular weight excluding hydrogens is 244 g/mol. The normalized spacial score (nSPS) is 10.9. The smallest absolute Gasteiger partial charge is 0.231 e. The fourth-order valence-electron chi connectivity index (χ4n) is 1.27. The zero-order valence-electron chi connectivity index (χ0n) is 11.5. The summed E-state index contributed by atoms with van der Waals surface area (Å²) in [6.07, 6.45) is 0. The molecule has 0 atom stereocenters. The van der Waals surface area contributed by atoms with Crippen LogP contribution in [0.25, 0.3) is 0 Å². The van der Waals surface area contributed by atoms with E-state index in [0.29, 0.717) is 5.11 Å². The molecule has 18 heavy (non-hydrogen) atoms. The number of nitrogens with one attached hydrogen (secondary N) is 2. The molecule has 0 saturated heterocycles. The van der Waals surface area contributed by atoms with Crippen LogP contribution in [-0.2, 0) is 4.79 Å². The van der Waals surface area contributed by atoms with Crippen LogP contribution in [0.2, 0.25) is 0 Å². The van der Waals surface area contributed by atoms with Gasteiger partial charge in [-0.3, -0.25) is 4.79 Å². The van der Waals surface area contributed by atoms with Crippen LogP contribution in [0.5, 0.6) is 0 Å². The van der Waals surface area contributed by atoms with Crippen LogP contribution >= 0.6 is 12.2 Å². The standard InChI is InChI=1S/C14H20N2OS/c1-9-6-7-11(8-10(9)2)15-13(18)16-12(17)14(3,4)5/h6-8H,1-5H3,(H2,15,16,17,18). The van der Waals surface area contributed by atoms with Crippen molar-refractivity contribution in [1.29, 1.82) is 0 Å². The molecule has 3 nitrogen and oxygen atoms in total. The van der Waals surface area contributed by atoms with Gasteiger partial charge in [0.1, 0.15) is 0 Å². The van der Waals surface area contributed by atoms with Gasteiger partial charge < -0.3 is 10.6 Å². The van der Waals surface area contributed by atoms with E-state index in [1.54, 1.807) is 0 Å². The largest absolute Gasteiger partial charge is 0.332 e. The maximum absolute atomic E-state index is 11.7. The van der Waals surface area contributed by atoms with Crippen molar-refractivity contribution in [2.75, 3.05) is 5.32 Å². The first-order valence-electron chi connectivity index (χ1n) is 5.90. The first-order valence-corrected chi connectivity index (χ1v) is 6.30. The third kappa shape index (κ3) is 4.11. The number of amides is 1. The fourth-order valence-corrected chi connectivity index (χ4v) is 1.48. The monoisotopic (exact) mass is 264 g/mol. The first-order chi connectivity index (χ1) is 8.20. The second-order valence-corrected chi connectivity index (χ2v) is 5.87. The number of carbonyl (C=O) groups excluding carboxylic acids is 1. The first kappa shape index (κ1) is 14.6. The summed E-state index contributed by atoms with van der Waals surface area (Å²) in [5.74, 6) is -0.0937. The van der Waals surface area contributed by atoms with Gasteiger partial charge in [-0.1, -0.05) is 26.8 Å². The Bertz CT molecular complexity index is 475. The van der Waals surface area contributed by atoms with Crippen molar-refractivity contribution >= 4 is 28.9 Å². The molecule has 1 aromatic rings. The zero-order valence-corrected chi connectivity index (χ0v) is 12.4. The van der Waals surface area contributed by atoms with Crippen molar-refractivity contribution < 1.29 is 4.79 Å². The third-order valence-corrected chi connectivity index (χ3v) is 2.88. The lowest BCUT2D eigenvalue weighted by molar-refractivity contribution is -0.126. The Kier molecular flexibility index (Phi) is 4.46. The van der Waals surface area contributed by atoms with E-state index in [1.165, 1.54) is 11.1 Å². The SMILES string of the molecule is Cc1ccc(NC(=S)NC(=O)C(C)(C)C)cc1C. The van der Waals surface area contributed by atoms with Crippen LogP contribution in [-0.4, -0.2) is 11.0 Å². The number of hydrogen-bond acceptors (Lipinski definition) is 2. The van der Waals surface area contributed by atoms with Crippen molar-refractivity contribution in [3.63, 3.8) is 0 Å². The molecule has 0 spiro atoms. The molecule has 1 aromatic carbocycles. The van der Waals surface area contributed by atoms with E-state index in [9.17, 15) is 4.79 Å². The van der Waals surface area contributed by atoms with Gasteiger partial charge in [0.25, 0.3) is 0 Å². The van der Waals surface area contributed by atoms with Crippen LogP contribution in [0, 0.1) is 19.3 Å². The molecule has 0 aliphatic carbocycles. The fraction of sp³-hybridized carbons (Fsp3) is 0.429. The number of thiocarbonyl (C=S) groups is 1. The summed E-state index contributed by atoms with van der Waals surface area (Å²) >= 11 is 5.11. The summed E-state index contributed by atoms with van der Waals surface area (Å²) in [7, 11) is 0. The lowest BCUT2D eigenvalue weighted by Crippen LogP contribution is -2.41. The molecular formula is C14H20N2OS. The Morgan fingerprint density at radius 2 is 1.78 bits per heavy atom. The molecule has 0 unspecified atom stereocenters. The highest BCUT2D eigenvalue weighted by molar-refractivity contribution is 7.80. The van der Waals surface area contributed by atoms with Crippen LogP contribution in [0.3, 0.4) is 0 Å². The van der Waals surface area contributed by atoms with Gasteiger partial charge >= 0.3 is 0 Å². The predicted molar refractivity (Wildman–Crippen MR) is 79.7 cm³/mol. The molecule has 1 rings (SSSR count). The molecule has 0 saturated carbocycles. The molecule has 98 valence electrons. The van der Waals surface area contributed by atoms with E-state index in [-0.39, 0.29) is 5.91 Å². The summed E-state index contributed by atoms with van der Waals surface area (Å²) in [5, 5.41) is 6.03. The number of benzene rings is 1. The van der Waals surface area contributed by atoms with E-state index >= 15 is 0 Å². The summed E-state index contributed by atoms with van der Waals surface area (Å²) in [4.78, 5) is 11.7. The Hall–Kier alpha value is -1.42. The Balaban J connectivity index is 2.65. The number of anilines is 1. The average Bonchev–Trinajstić information content (AvgIpc) is 2.22. The quantitative estimate of drug-likeness (QED) is 0.766. The van der Waals surface area contributed by atoms with E-state index in [2.05, 4.69) is 17.6 Å². The van der Waals surface area contributed by atoms with Gasteiger partial charge in [0.05, 0.1) is 0 Å². The van der Waals surface area contributed by atoms with Gasteiger partial charge in [-0.25, -0.2) is 0 Å². The van der Waals surface area contributed by atoms with Gasteiger partial charge in [0.2, 0.25) is 5.91 Å². The van der Waals surface area contributed by atoms with Crippen LogP contribution < -0.4 is 10.6 Å². The maximum atomic E-state index is 11.7. The highest BCUT2D eigenvalue weighted by Gasteiger charge is 2.21. The van der Waals surface area contributed by atoms with Crippen molar-refractivity contribution in [2.24, 2.45) is 5.41 Å². The third-order valence-electron chi connectivity index (χ3n) is 2.67. The van der Waals surface area contributed by atoms with Crippen molar-refractivity contribution in [1.82, 2.24) is 5.32 Å². The lowest BCUT2D eigenvalue weighted by atomic mass is 9.96. The summed E-state index contributed by atoms with van der Waals surface area (Å²) in [6, 6.07) is 5.97. The average molecular weight is 264 g/mol. The molecule has 1 amide bonds. The highest BCUT2D eigenvalue weighted by atomic mass is 32.1. The molecule has 0 heterocycles. The Morgan fingerprint density at radius 3 is 2.28 bits per heavy atom. The van der Waals surface area contributed by atoms with E-state index in [0.717, 1.165) is 5.69 Å². The maximum Gasteiger partial charge on any atom is 0.231 e. The second-order valence-electron chi connectivity index (χ2n) is 5.46. The number of aryl methyl sites for hydroxylation is 2. The molecule has 0 bridgehead atoms. The van der Waals surface area contributed by atoms with Gasteiger partial charge in [-0.15, -0.1) is 0 Å². The van der Waals surface area contributed by atoms with Crippen LogP contribution in [0.4, 0.5) is 5.69 Å². The molecule has 0 radical (unpaired) electrons.